The number of hydrogen-bond donors (Lipinski definition) is 3. The molecule has 0 aliphatic carbocycles. The van der Waals surface area contributed by atoms with E-state index in [4.69, 9.17) is 0 Å². The second kappa shape index (κ2) is 8.52. The molecule has 3 N–H and O–H groups in total. The van der Waals surface area contributed by atoms with Crippen LogP contribution in [0.2, 0.25) is 0 Å². The van der Waals surface area contributed by atoms with Gasteiger partial charge < -0.3 is 15.6 Å². The highest BCUT2D eigenvalue weighted by atomic mass is 19.4. The molecule has 38 heavy (non-hydrogen) atoms. The van der Waals surface area contributed by atoms with E-state index in [0.717, 1.165) is 15.3 Å². The fourth-order valence-corrected chi connectivity index (χ4v) is 4.80. The fourth-order valence-electron chi connectivity index (χ4n) is 4.80. The zero-order valence-electron chi connectivity index (χ0n) is 19.6. The molecule has 5 aromatic rings. The van der Waals surface area contributed by atoms with Crippen LogP contribution in [0, 0.1) is 5.82 Å². The van der Waals surface area contributed by atoms with Crippen molar-refractivity contribution < 1.29 is 22.4 Å². The van der Waals surface area contributed by atoms with E-state index in [0.29, 0.717) is 11.1 Å². The first-order chi connectivity index (χ1) is 18.1. The molecule has 1 saturated heterocycles. The Hall–Kier alpha value is -4.51. The standard InChI is InChI=1S/C27H19F4N5O2/c28-19-9-7-18(8-10-19)26(13-32-14-26)34-24(37)22-21(27(29,30)31)23-25(38)33-20(12-36(23)35-22)17-6-5-15-3-1-2-4-16(15)11-17/h1-12,32H,13-14H2,(H,33,38)(H,34,37). The van der Waals surface area contributed by atoms with Gasteiger partial charge in [0.05, 0.1) is 17.4 Å². The first-order valence-corrected chi connectivity index (χ1v) is 11.7. The molecule has 0 bridgehead atoms. The molecule has 1 aliphatic heterocycles. The van der Waals surface area contributed by atoms with Crippen molar-refractivity contribution in [3.8, 4) is 11.3 Å². The molecule has 1 aliphatic rings. The first-order valence-electron chi connectivity index (χ1n) is 11.7. The van der Waals surface area contributed by atoms with E-state index in [9.17, 15) is 27.2 Å². The summed E-state index contributed by atoms with van der Waals surface area (Å²) in [6.07, 6.45) is -3.78. The van der Waals surface area contributed by atoms with Gasteiger partial charge in [-0.1, -0.05) is 48.5 Å². The Morgan fingerprint density at radius 3 is 2.37 bits per heavy atom. The average molecular weight is 521 g/mol. The molecule has 2 aromatic heterocycles. The SMILES string of the molecule is O=C(NC1(c2ccc(F)cc2)CNC1)c1nn2cc(-c3ccc4ccccc4c3)[nH]c(=O)c2c1C(F)(F)F. The molecule has 0 saturated carbocycles. The van der Waals surface area contributed by atoms with E-state index >= 15 is 0 Å². The van der Waals surface area contributed by atoms with Gasteiger partial charge in [-0.3, -0.25) is 9.59 Å². The predicted molar refractivity (Wildman–Crippen MR) is 132 cm³/mol. The van der Waals surface area contributed by atoms with E-state index in [2.05, 4.69) is 20.7 Å². The highest BCUT2D eigenvalue weighted by Crippen LogP contribution is 2.35. The van der Waals surface area contributed by atoms with Crippen LogP contribution in [0.15, 0.2) is 77.7 Å². The second-order valence-electron chi connectivity index (χ2n) is 9.22. The molecular formula is C27H19F4N5O2. The molecule has 1 amide bonds. The highest BCUT2D eigenvalue weighted by Gasteiger charge is 2.45. The van der Waals surface area contributed by atoms with Crippen LogP contribution in [0.1, 0.15) is 21.6 Å². The van der Waals surface area contributed by atoms with Crippen molar-refractivity contribution in [3.63, 3.8) is 0 Å². The number of aromatic amines is 1. The maximum Gasteiger partial charge on any atom is 0.421 e. The van der Waals surface area contributed by atoms with E-state index in [1.165, 1.54) is 30.5 Å². The lowest BCUT2D eigenvalue weighted by molar-refractivity contribution is -0.136. The largest absolute Gasteiger partial charge is 0.421 e. The Kier molecular flexibility index (Phi) is 5.35. The van der Waals surface area contributed by atoms with Crippen molar-refractivity contribution in [1.29, 1.82) is 0 Å². The fraction of sp³-hybridized carbons (Fsp3) is 0.148. The number of aromatic nitrogens is 3. The third kappa shape index (κ3) is 3.91. The van der Waals surface area contributed by atoms with Crippen molar-refractivity contribution in [1.82, 2.24) is 25.2 Å². The monoisotopic (exact) mass is 521 g/mol. The van der Waals surface area contributed by atoms with Crippen LogP contribution < -0.4 is 16.2 Å². The van der Waals surface area contributed by atoms with E-state index in [-0.39, 0.29) is 18.8 Å². The number of H-pyrrole nitrogens is 1. The van der Waals surface area contributed by atoms with Crippen molar-refractivity contribution >= 4 is 22.2 Å². The van der Waals surface area contributed by atoms with Crippen molar-refractivity contribution in [3.05, 3.63) is 106 Å². The number of nitrogens with zero attached hydrogens (tertiary/aromatic N) is 2. The Morgan fingerprint density at radius 1 is 1.00 bits per heavy atom. The smallest absolute Gasteiger partial charge is 0.339 e. The molecule has 0 atom stereocenters. The number of hydrogen-bond acceptors (Lipinski definition) is 4. The molecule has 6 rings (SSSR count). The van der Waals surface area contributed by atoms with Gasteiger partial charge in [-0.2, -0.15) is 18.3 Å². The summed E-state index contributed by atoms with van der Waals surface area (Å²) in [4.78, 5) is 28.7. The molecule has 0 unspecified atom stereocenters. The van der Waals surface area contributed by atoms with Crippen LogP contribution >= 0.6 is 0 Å². The second-order valence-corrected chi connectivity index (χ2v) is 9.22. The van der Waals surface area contributed by atoms with Crippen molar-refractivity contribution in [2.24, 2.45) is 0 Å². The lowest BCUT2D eigenvalue weighted by Gasteiger charge is -2.43. The summed E-state index contributed by atoms with van der Waals surface area (Å²) >= 11 is 0. The molecule has 1 fully saturated rings. The lowest BCUT2D eigenvalue weighted by atomic mass is 9.84. The summed E-state index contributed by atoms with van der Waals surface area (Å²) in [5.41, 5.74) is -3.89. The number of halogens is 4. The normalized spacial score (nSPS) is 14.9. The van der Waals surface area contributed by atoms with E-state index in [1.54, 1.807) is 12.1 Å². The number of nitrogens with one attached hydrogen (secondary N) is 3. The third-order valence-corrected chi connectivity index (χ3v) is 6.79. The maximum absolute atomic E-state index is 14.2. The highest BCUT2D eigenvalue weighted by molar-refractivity contribution is 5.97. The van der Waals surface area contributed by atoms with Gasteiger partial charge >= 0.3 is 6.18 Å². The minimum Gasteiger partial charge on any atom is -0.339 e. The summed E-state index contributed by atoms with van der Waals surface area (Å²) in [5, 5.41) is 11.4. The van der Waals surface area contributed by atoms with E-state index in [1.807, 2.05) is 30.3 Å². The Balaban J connectivity index is 1.45. The molecule has 0 spiro atoms. The van der Waals surface area contributed by atoms with Crippen molar-refractivity contribution in [2.75, 3.05) is 13.1 Å². The van der Waals surface area contributed by atoms with Crippen molar-refractivity contribution in [2.45, 2.75) is 11.7 Å². The number of rotatable bonds is 4. The topological polar surface area (TPSA) is 91.3 Å². The van der Waals surface area contributed by atoms with Gasteiger partial charge in [-0.25, -0.2) is 8.91 Å². The Morgan fingerprint density at radius 2 is 1.71 bits per heavy atom. The van der Waals surface area contributed by atoms with Crippen LogP contribution in [0.5, 0.6) is 0 Å². The number of fused-ring (bicyclic) bond motifs is 2. The minimum absolute atomic E-state index is 0.228. The number of amides is 1. The summed E-state index contributed by atoms with van der Waals surface area (Å²) in [5.74, 6) is -1.58. The van der Waals surface area contributed by atoms with Gasteiger partial charge in [0.25, 0.3) is 11.5 Å². The van der Waals surface area contributed by atoms with Gasteiger partial charge in [-0.05, 0) is 34.5 Å². The predicted octanol–water partition coefficient (Wildman–Crippen LogP) is 4.23. The maximum atomic E-state index is 14.2. The van der Waals surface area contributed by atoms with Gasteiger partial charge in [0.2, 0.25) is 0 Å². The van der Waals surface area contributed by atoms with Gasteiger partial charge in [0, 0.05) is 18.7 Å². The zero-order valence-corrected chi connectivity index (χ0v) is 19.6. The summed E-state index contributed by atoms with van der Waals surface area (Å²) in [6, 6.07) is 18.2. The summed E-state index contributed by atoms with van der Waals surface area (Å²) in [7, 11) is 0. The number of benzene rings is 3. The van der Waals surface area contributed by atoms with Gasteiger partial charge in [0.15, 0.2) is 5.69 Å². The average Bonchev–Trinajstić information content (AvgIpc) is 3.28. The molecule has 3 heterocycles. The van der Waals surface area contributed by atoms with Crippen LogP contribution in [0.25, 0.3) is 27.5 Å². The lowest BCUT2D eigenvalue weighted by Crippen LogP contribution is -2.66. The van der Waals surface area contributed by atoms with E-state index < -0.39 is 45.8 Å². The van der Waals surface area contributed by atoms with Crippen LogP contribution in [0.4, 0.5) is 17.6 Å². The molecule has 0 radical (unpaired) electrons. The number of alkyl halides is 3. The molecular weight excluding hydrogens is 502 g/mol. The Bertz CT molecular complexity index is 1770. The van der Waals surface area contributed by atoms with Crippen LogP contribution in [-0.4, -0.2) is 33.6 Å². The Labute approximate surface area is 212 Å². The minimum atomic E-state index is -5.03. The molecule has 3 aromatic carbocycles. The first kappa shape index (κ1) is 23.9. The quantitative estimate of drug-likeness (QED) is 0.309. The van der Waals surface area contributed by atoms with Crippen LogP contribution in [-0.2, 0) is 11.7 Å². The summed E-state index contributed by atoms with van der Waals surface area (Å²) < 4.78 is 56.8. The molecule has 192 valence electrons. The van der Waals surface area contributed by atoms with Gasteiger partial charge in [0.1, 0.15) is 16.9 Å². The summed E-state index contributed by atoms with van der Waals surface area (Å²) in [6.45, 7) is 0.456. The van der Waals surface area contributed by atoms with Gasteiger partial charge in [-0.15, -0.1) is 0 Å². The third-order valence-electron chi connectivity index (χ3n) is 6.79. The molecule has 11 heteroatoms. The molecule has 7 nitrogen and oxygen atoms in total. The number of carbonyl (C=O) groups excluding carboxylic acids is 1. The van der Waals surface area contributed by atoms with Crippen LogP contribution in [0.3, 0.4) is 0 Å². The zero-order chi connectivity index (χ0) is 26.7. The number of carbonyl (C=O) groups is 1.